The van der Waals surface area contributed by atoms with Gasteiger partial charge in [-0.15, -0.1) is 0 Å². The fraction of sp³-hybridized carbons (Fsp3) is 0.956. The minimum Gasteiger partial charge on any atom is -0.380 e. The molecule has 4 saturated carbocycles. The minimum atomic E-state index is -0.177. The maximum atomic E-state index is 13.4. The van der Waals surface area contributed by atoms with Gasteiger partial charge in [-0.2, -0.15) is 23.5 Å². The average Bonchev–Trinajstić information content (AvgIpc) is 3.91. The Morgan fingerprint density at radius 1 is 0.554 bits per heavy atom. The van der Waals surface area contributed by atoms with Gasteiger partial charge in [0, 0.05) is 70.0 Å². The first-order valence-electron chi connectivity index (χ1n) is 22.1. The Bertz CT molecular complexity index is 1190. The summed E-state index contributed by atoms with van der Waals surface area (Å²) in [5, 5.41) is 7.89. The maximum absolute atomic E-state index is 13.4. The van der Waals surface area contributed by atoms with E-state index >= 15 is 0 Å². The Morgan fingerprint density at radius 3 is 1.55 bits per heavy atom. The molecule has 4 aliphatic carbocycles. The lowest BCUT2D eigenvalue weighted by molar-refractivity contribution is -0.127. The Hall–Kier alpha value is -0.560. The van der Waals surface area contributed by atoms with Crippen molar-refractivity contribution in [2.45, 2.75) is 136 Å². The van der Waals surface area contributed by atoms with Gasteiger partial charge in [0.1, 0.15) is 0 Å². The van der Waals surface area contributed by atoms with Crippen LogP contribution in [0, 0.1) is 51.8 Å². The van der Waals surface area contributed by atoms with Crippen molar-refractivity contribution in [2.24, 2.45) is 51.8 Å². The molecule has 11 heteroatoms. The fourth-order valence-electron chi connectivity index (χ4n) is 9.17. The smallest absolute Gasteiger partial charge is 0.223 e. The number of rotatable bonds is 28. The van der Waals surface area contributed by atoms with Gasteiger partial charge in [-0.1, -0.05) is 69.2 Å². The van der Waals surface area contributed by atoms with Crippen LogP contribution in [0.25, 0.3) is 0 Å². The van der Waals surface area contributed by atoms with Crippen LogP contribution in [0.1, 0.15) is 121 Å². The van der Waals surface area contributed by atoms with Crippen LogP contribution in [0.15, 0.2) is 0 Å². The average molecular weight is 827 g/mol. The highest BCUT2D eigenvalue weighted by molar-refractivity contribution is 8.01. The van der Waals surface area contributed by atoms with Crippen LogP contribution in [0.3, 0.4) is 0 Å². The summed E-state index contributed by atoms with van der Waals surface area (Å²) in [6, 6.07) is 0. The predicted octanol–water partition coefficient (Wildman–Crippen LogP) is 8.27. The highest BCUT2D eigenvalue weighted by atomic mass is 32.2. The molecule has 0 heterocycles. The monoisotopic (exact) mass is 827 g/mol. The third-order valence-electron chi connectivity index (χ3n) is 12.2. The second kappa shape index (κ2) is 22.3. The highest BCUT2D eigenvalue weighted by Crippen LogP contribution is 2.55. The molecule has 0 spiro atoms. The Kier molecular flexibility index (Phi) is 19.2. The molecule has 2 N–H and O–H groups in total. The molecule has 8 atom stereocenters. The fourth-order valence-corrected chi connectivity index (χ4v) is 12.3. The van der Waals surface area contributed by atoms with Gasteiger partial charge in [-0.05, 0) is 80.5 Å². The number of nitrogens with one attached hydrogen (secondary N) is 2. The van der Waals surface area contributed by atoms with Gasteiger partial charge in [0.2, 0.25) is 11.8 Å². The molecular formula is C45H82N2O7S2. The molecule has 4 fully saturated rings. The van der Waals surface area contributed by atoms with Crippen molar-refractivity contribution in [3.8, 4) is 0 Å². The maximum Gasteiger partial charge on any atom is 0.223 e. The van der Waals surface area contributed by atoms with Crippen LogP contribution in [-0.4, -0.2) is 112 Å². The first-order chi connectivity index (χ1) is 26.4. The van der Waals surface area contributed by atoms with Gasteiger partial charge in [0.05, 0.1) is 52.9 Å². The van der Waals surface area contributed by atoms with Crippen LogP contribution >= 0.6 is 23.5 Å². The van der Waals surface area contributed by atoms with E-state index in [2.05, 4.69) is 91.6 Å². The predicted molar refractivity (Wildman–Crippen MR) is 232 cm³/mol. The van der Waals surface area contributed by atoms with Gasteiger partial charge < -0.3 is 34.3 Å². The van der Waals surface area contributed by atoms with Gasteiger partial charge in [0.15, 0.2) is 0 Å². The van der Waals surface area contributed by atoms with E-state index < -0.39 is 0 Å². The molecule has 8 unspecified atom stereocenters. The molecule has 0 aromatic carbocycles. The lowest BCUT2D eigenvalue weighted by Gasteiger charge is -2.34. The number of fused-ring (bicyclic) bond motifs is 4. The minimum absolute atomic E-state index is 0.138. The molecule has 4 bridgehead atoms. The summed E-state index contributed by atoms with van der Waals surface area (Å²) in [5.74, 6) is 4.01. The molecule has 0 aromatic rings. The summed E-state index contributed by atoms with van der Waals surface area (Å²) in [6.45, 7) is 30.1. The van der Waals surface area contributed by atoms with Crippen LogP contribution in [0.4, 0.5) is 0 Å². The number of hydrogen-bond donors (Lipinski definition) is 2. The summed E-state index contributed by atoms with van der Waals surface area (Å²) in [6.07, 6.45) is 8.75. The lowest BCUT2D eigenvalue weighted by Crippen LogP contribution is -2.43. The molecule has 4 aliphatic rings. The molecule has 0 aromatic heterocycles. The number of thioether (sulfide) groups is 2. The molecular weight excluding hydrogens is 745 g/mol. The van der Waals surface area contributed by atoms with Crippen molar-refractivity contribution in [1.82, 2.24) is 10.6 Å². The SMILES string of the molecule is CCCOCCOCCC(C)(C)SC1CC2CC1CC2C(=O)NCC(C)(C)COCC(C)(C)CNC(=O)C1CC2CC1CC2SCCOCCOCC(C)(C)C. The zero-order chi connectivity index (χ0) is 41.0. The third kappa shape index (κ3) is 16.5. The standard InChI is InChI=1S/C45H82N2O7S2/c1-11-13-50-15-16-51-14-12-45(9,10)56-39-26-33-22-35(39)24-37(33)41(49)47-28-44(7,8)31-54-30-43(5,6)27-46-40(48)36-23-34-21-32(36)25-38(34)55-20-19-52-17-18-53-29-42(2,3)4/h32-39H,11-31H2,1-10H3,(H,46,48)(H,47,49). The van der Waals surface area contributed by atoms with Crippen molar-refractivity contribution in [3.63, 3.8) is 0 Å². The third-order valence-corrected chi connectivity index (χ3v) is 15.4. The molecule has 0 aliphatic heterocycles. The molecule has 56 heavy (non-hydrogen) atoms. The number of amides is 2. The number of ether oxygens (including phenoxy) is 5. The highest BCUT2D eigenvalue weighted by Gasteiger charge is 2.50. The summed E-state index contributed by atoms with van der Waals surface area (Å²) >= 11 is 4.15. The largest absolute Gasteiger partial charge is 0.380 e. The second-order valence-electron chi connectivity index (χ2n) is 20.9. The van der Waals surface area contributed by atoms with Crippen molar-refractivity contribution in [1.29, 1.82) is 0 Å². The molecule has 9 nitrogen and oxygen atoms in total. The first kappa shape index (κ1) is 48.1. The number of carbonyl (C=O) groups excluding carboxylic acids is 2. The zero-order valence-corrected chi connectivity index (χ0v) is 38.8. The summed E-state index contributed by atoms with van der Waals surface area (Å²) in [7, 11) is 0. The lowest BCUT2D eigenvalue weighted by atomic mass is 9.87. The van der Waals surface area contributed by atoms with Crippen LogP contribution in [-0.2, 0) is 33.3 Å². The van der Waals surface area contributed by atoms with Gasteiger partial charge >= 0.3 is 0 Å². The molecule has 0 radical (unpaired) electrons. The number of carbonyl (C=O) groups is 2. The van der Waals surface area contributed by atoms with Crippen LogP contribution < -0.4 is 10.6 Å². The van der Waals surface area contributed by atoms with Gasteiger partial charge in [-0.3, -0.25) is 9.59 Å². The molecule has 2 amide bonds. The molecule has 326 valence electrons. The van der Waals surface area contributed by atoms with E-state index in [0.29, 0.717) is 86.9 Å². The normalized spacial score (nSPS) is 27.7. The van der Waals surface area contributed by atoms with E-state index in [9.17, 15) is 9.59 Å². The van der Waals surface area contributed by atoms with Crippen molar-refractivity contribution >= 4 is 35.3 Å². The van der Waals surface area contributed by atoms with Crippen molar-refractivity contribution in [2.75, 3.05) is 84.9 Å². The van der Waals surface area contributed by atoms with E-state index in [-0.39, 0.29) is 44.6 Å². The Balaban J connectivity index is 1.04. The van der Waals surface area contributed by atoms with Crippen LogP contribution in [0.5, 0.6) is 0 Å². The molecule has 0 saturated heterocycles. The van der Waals surface area contributed by atoms with E-state index in [1.807, 2.05) is 11.8 Å². The zero-order valence-electron chi connectivity index (χ0n) is 37.1. The second-order valence-corrected chi connectivity index (χ2v) is 24.2. The Morgan fingerprint density at radius 2 is 1.05 bits per heavy atom. The van der Waals surface area contributed by atoms with Crippen LogP contribution in [0.2, 0.25) is 0 Å². The summed E-state index contributed by atoms with van der Waals surface area (Å²) < 4.78 is 29.3. The van der Waals surface area contributed by atoms with E-state index in [0.717, 1.165) is 70.7 Å². The van der Waals surface area contributed by atoms with Gasteiger partial charge in [-0.25, -0.2) is 0 Å². The topological polar surface area (TPSA) is 104 Å². The Labute approximate surface area is 350 Å². The quantitative estimate of drug-likeness (QED) is 0.0755. The van der Waals surface area contributed by atoms with Crippen molar-refractivity contribution < 1.29 is 33.3 Å². The van der Waals surface area contributed by atoms with E-state index in [4.69, 9.17) is 23.7 Å². The van der Waals surface area contributed by atoms with Gasteiger partial charge in [0.25, 0.3) is 0 Å². The first-order valence-corrected chi connectivity index (χ1v) is 24.0. The summed E-state index contributed by atoms with van der Waals surface area (Å²) in [5.41, 5.74) is -0.162. The molecule has 4 rings (SSSR count). The van der Waals surface area contributed by atoms with E-state index in [1.54, 1.807) is 0 Å². The van der Waals surface area contributed by atoms with E-state index in [1.165, 1.54) is 12.8 Å². The summed E-state index contributed by atoms with van der Waals surface area (Å²) in [4.78, 5) is 26.7. The number of hydrogen-bond acceptors (Lipinski definition) is 9. The van der Waals surface area contributed by atoms with Crippen molar-refractivity contribution in [3.05, 3.63) is 0 Å².